The number of hydrogen-bond donors (Lipinski definition) is 2. The van der Waals surface area contributed by atoms with E-state index in [9.17, 15) is 27.9 Å². The van der Waals surface area contributed by atoms with Gasteiger partial charge in [0.25, 0.3) is 0 Å². The first-order valence-corrected chi connectivity index (χ1v) is 10.7. The van der Waals surface area contributed by atoms with Gasteiger partial charge in [-0.25, -0.2) is 9.59 Å². The van der Waals surface area contributed by atoms with Gasteiger partial charge in [0.05, 0.1) is 5.56 Å². The molecular formula is C26H22F3NO4. The Labute approximate surface area is 194 Å². The fourth-order valence-electron chi connectivity index (χ4n) is 4.27. The van der Waals surface area contributed by atoms with E-state index in [0.717, 1.165) is 34.4 Å². The Balaban J connectivity index is 1.46. The van der Waals surface area contributed by atoms with Crippen molar-refractivity contribution in [2.75, 3.05) is 6.61 Å². The number of alkyl carbamates (subject to hydrolysis) is 1. The van der Waals surface area contributed by atoms with E-state index in [1.54, 1.807) is 6.92 Å². The molecule has 0 saturated heterocycles. The lowest BCUT2D eigenvalue weighted by Gasteiger charge is -2.19. The fraction of sp³-hybridized carbons (Fsp3) is 0.231. The number of amides is 1. The van der Waals surface area contributed by atoms with Gasteiger partial charge in [-0.05, 0) is 52.4 Å². The number of fused-ring (bicyclic) bond motifs is 3. The molecule has 3 aromatic carbocycles. The van der Waals surface area contributed by atoms with Gasteiger partial charge in [-0.1, -0.05) is 54.6 Å². The Morgan fingerprint density at radius 1 is 1.00 bits per heavy atom. The second kappa shape index (κ2) is 9.21. The van der Waals surface area contributed by atoms with Gasteiger partial charge < -0.3 is 15.2 Å². The zero-order valence-corrected chi connectivity index (χ0v) is 18.2. The molecule has 0 fully saturated rings. The Morgan fingerprint density at radius 2 is 1.59 bits per heavy atom. The summed E-state index contributed by atoms with van der Waals surface area (Å²) in [6.45, 7) is 1.58. The van der Waals surface area contributed by atoms with Crippen LogP contribution in [0, 0.1) is 6.92 Å². The molecular weight excluding hydrogens is 447 g/mol. The maximum absolute atomic E-state index is 13.1. The lowest BCUT2D eigenvalue weighted by molar-refractivity contribution is -0.139. The van der Waals surface area contributed by atoms with Crippen molar-refractivity contribution in [3.05, 3.63) is 94.5 Å². The molecule has 0 heterocycles. The number of carboxylic acids is 1. The van der Waals surface area contributed by atoms with E-state index in [4.69, 9.17) is 4.74 Å². The van der Waals surface area contributed by atoms with Crippen LogP contribution in [0.5, 0.6) is 0 Å². The standard InChI is InChI=1S/C26H22F3NO4/c1-15-10-11-17(26(27,28)29)12-16(15)13-23(24(31)32)30-25(33)34-14-22-20-8-4-2-6-18(20)19-7-3-5-9-21(19)22/h2-12,22-23H,13-14H2,1H3,(H,30,33)(H,31,32). The number of rotatable bonds is 6. The van der Waals surface area contributed by atoms with Crippen LogP contribution in [0.15, 0.2) is 66.7 Å². The minimum absolute atomic E-state index is 0.00517. The minimum atomic E-state index is -4.55. The topological polar surface area (TPSA) is 75.6 Å². The molecule has 1 aliphatic rings. The largest absolute Gasteiger partial charge is 0.480 e. The van der Waals surface area contributed by atoms with Gasteiger partial charge >= 0.3 is 18.2 Å². The number of carbonyl (C=O) groups excluding carboxylic acids is 1. The van der Waals surface area contributed by atoms with Gasteiger partial charge in [0.1, 0.15) is 12.6 Å². The average Bonchev–Trinajstić information content (AvgIpc) is 3.11. The van der Waals surface area contributed by atoms with E-state index in [2.05, 4.69) is 5.32 Å². The molecule has 8 heteroatoms. The molecule has 0 saturated carbocycles. The van der Waals surface area contributed by atoms with Crippen molar-refractivity contribution in [1.29, 1.82) is 0 Å². The van der Waals surface area contributed by atoms with Gasteiger partial charge in [0.15, 0.2) is 0 Å². The normalized spacial score (nSPS) is 13.6. The number of carboxylic acid groups (broad SMARTS) is 1. The average molecular weight is 469 g/mol. The molecule has 0 aromatic heterocycles. The Kier molecular flexibility index (Phi) is 6.32. The first-order chi connectivity index (χ1) is 16.1. The van der Waals surface area contributed by atoms with E-state index in [0.29, 0.717) is 5.56 Å². The first kappa shape index (κ1) is 23.4. The maximum Gasteiger partial charge on any atom is 0.416 e. The summed E-state index contributed by atoms with van der Waals surface area (Å²) in [5, 5.41) is 11.8. The molecule has 2 N–H and O–H groups in total. The summed E-state index contributed by atoms with van der Waals surface area (Å²) < 4.78 is 44.5. The Hall–Kier alpha value is -3.81. The highest BCUT2D eigenvalue weighted by atomic mass is 19.4. The second-order valence-corrected chi connectivity index (χ2v) is 8.20. The summed E-state index contributed by atoms with van der Waals surface area (Å²) in [4.78, 5) is 24.2. The molecule has 34 heavy (non-hydrogen) atoms. The SMILES string of the molecule is Cc1ccc(C(F)(F)F)cc1CC(NC(=O)OCC1c2ccccc2-c2ccccc21)C(=O)O. The van der Waals surface area contributed by atoms with Crippen molar-refractivity contribution in [2.24, 2.45) is 0 Å². The van der Waals surface area contributed by atoms with Crippen molar-refractivity contribution in [2.45, 2.75) is 31.5 Å². The smallest absolute Gasteiger partial charge is 0.416 e. The summed E-state index contributed by atoms with van der Waals surface area (Å²) in [7, 11) is 0. The number of nitrogens with one attached hydrogen (secondary N) is 1. The highest BCUT2D eigenvalue weighted by molar-refractivity contribution is 5.81. The molecule has 4 rings (SSSR count). The van der Waals surface area contributed by atoms with Gasteiger partial charge in [-0.15, -0.1) is 0 Å². The lowest BCUT2D eigenvalue weighted by atomic mass is 9.98. The number of halogens is 3. The van der Waals surface area contributed by atoms with Crippen LogP contribution in [0.25, 0.3) is 11.1 Å². The van der Waals surface area contributed by atoms with Crippen LogP contribution >= 0.6 is 0 Å². The van der Waals surface area contributed by atoms with E-state index in [1.807, 2.05) is 48.5 Å². The fourth-order valence-corrected chi connectivity index (χ4v) is 4.27. The van der Waals surface area contributed by atoms with Crippen LogP contribution in [0.2, 0.25) is 0 Å². The quantitative estimate of drug-likeness (QED) is 0.497. The van der Waals surface area contributed by atoms with Crippen LogP contribution in [0.1, 0.15) is 33.7 Å². The monoisotopic (exact) mass is 469 g/mol. The first-order valence-electron chi connectivity index (χ1n) is 10.7. The molecule has 176 valence electrons. The van der Waals surface area contributed by atoms with Crippen LogP contribution in [0.3, 0.4) is 0 Å². The summed E-state index contributed by atoms with van der Waals surface area (Å²) in [5.74, 6) is -1.57. The Morgan fingerprint density at radius 3 is 2.15 bits per heavy atom. The lowest BCUT2D eigenvalue weighted by Crippen LogP contribution is -2.43. The zero-order valence-electron chi connectivity index (χ0n) is 18.2. The number of benzene rings is 3. The van der Waals surface area contributed by atoms with Gasteiger partial charge in [0, 0.05) is 12.3 Å². The Bertz CT molecular complexity index is 1190. The molecule has 0 spiro atoms. The predicted molar refractivity (Wildman–Crippen MR) is 120 cm³/mol. The van der Waals surface area contributed by atoms with E-state index in [1.165, 1.54) is 6.07 Å². The molecule has 1 unspecified atom stereocenters. The zero-order chi connectivity index (χ0) is 24.5. The number of aliphatic carboxylic acids is 1. The summed E-state index contributed by atoms with van der Waals surface area (Å²) in [6, 6.07) is 17.2. The molecule has 5 nitrogen and oxygen atoms in total. The van der Waals surface area contributed by atoms with Crippen LogP contribution in [-0.4, -0.2) is 29.8 Å². The molecule has 0 radical (unpaired) electrons. The minimum Gasteiger partial charge on any atom is -0.480 e. The highest BCUT2D eigenvalue weighted by Gasteiger charge is 2.32. The number of carbonyl (C=O) groups is 2. The van der Waals surface area contributed by atoms with E-state index in [-0.39, 0.29) is 24.5 Å². The summed E-state index contributed by atoms with van der Waals surface area (Å²) in [6.07, 6.45) is -5.81. The number of aryl methyl sites for hydroxylation is 1. The second-order valence-electron chi connectivity index (χ2n) is 8.20. The van der Waals surface area contributed by atoms with E-state index >= 15 is 0 Å². The maximum atomic E-state index is 13.1. The number of alkyl halides is 3. The molecule has 1 atom stereocenters. The predicted octanol–water partition coefficient (Wildman–Crippen LogP) is 5.55. The van der Waals surface area contributed by atoms with Gasteiger partial charge in [0.2, 0.25) is 0 Å². The van der Waals surface area contributed by atoms with Gasteiger partial charge in [-0.2, -0.15) is 13.2 Å². The van der Waals surface area contributed by atoms with Crippen molar-refractivity contribution in [3.8, 4) is 11.1 Å². The third-order valence-electron chi connectivity index (χ3n) is 6.03. The summed E-state index contributed by atoms with van der Waals surface area (Å²) in [5.41, 5.74) is 3.91. The third-order valence-corrected chi connectivity index (χ3v) is 6.03. The number of ether oxygens (including phenoxy) is 1. The van der Waals surface area contributed by atoms with Crippen molar-refractivity contribution < 1.29 is 32.6 Å². The molecule has 0 bridgehead atoms. The van der Waals surface area contributed by atoms with Crippen LogP contribution < -0.4 is 5.32 Å². The van der Waals surface area contributed by atoms with Crippen LogP contribution in [0.4, 0.5) is 18.0 Å². The van der Waals surface area contributed by atoms with Crippen molar-refractivity contribution in [3.63, 3.8) is 0 Å². The summed E-state index contributed by atoms with van der Waals surface area (Å²) >= 11 is 0. The molecule has 3 aromatic rings. The van der Waals surface area contributed by atoms with Gasteiger partial charge in [-0.3, -0.25) is 0 Å². The molecule has 0 aliphatic heterocycles. The van der Waals surface area contributed by atoms with E-state index < -0.39 is 29.8 Å². The van der Waals surface area contributed by atoms with Crippen molar-refractivity contribution in [1.82, 2.24) is 5.32 Å². The van der Waals surface area contributed by atoms with Crippen LogP contribution in [-0.2, 0) is 22.1 Å². The highest BCUT2D eigenvalue weighted by Crippen LogP contribution is 2.44. The molecule has 1 amide bonds. The number of hydrogen-bond acceptors (Lipinski definition) is 3. The molecule has 1 aliphatic carbocycles. The third kappa shape index (κ3) is 4.76. The van der Waals surface area contributed by atoms with Crippen molar-refractivity contribution >= 4 is 12.1 Å².